The summed E-state index contributed by atoms with van der Waals surface area (Å²) in [6, 6.07) is 13.9. The molecule has 23 heavy (non-hydrogen) atoms. The standard InChI is InChI=1S/C18H13BrFNO2/c19-14-5-1-4-13(9-14)11-16-18(22)23-17(21-16)8-7-12-3-2-6-15(20)10-12/h1-6,9-11H,7-8H2/b16-11+. The summed E-state index contributed by atoms with van der Waals surface area (Å²) in [6.45, 7) is 0. The van der Waals surface area contributed by atoms with E-state index in [1.54, 1.807) is 12.1 Å². The summed E-state index contributed by atoms with van der Waals surface area (Å²) >= 11 is 3.38. The molecule has 0 unspecified atom stereocenters. The van der Waals surface area contributed by atoms with E-state index >= 15 is 0 Å². The van der Waals surface area contributed by atoms with Crippen LogP contribution in [0.1, 0.15) is 17.5 Å². The third kappa shape index (κ3) is 4.13. The van der Waals surface area contributed by atoms with Crippen LogP contribution in [0.4, 0.5) is 4.39 Å². The highest BCUT2D eigenvalue weighted by Gasteiger charge is 2.22. The van der Waals surface area contributed by atoms with Crippen LogP contribution in [0.5, 0.6) is 0 Å². The Morgan fingerprint density at radius 2 is 1.96 bits per heavy atom. The first kappa shape index (κ1) is 15.6. The van der Waals surface area contributed by atoms with Gasteiger partial charge in [0.15, 0.2) is 11.6 Å². The SMILES string of the molecule is O=C1OC(CCc2cccc(F)c2)=N/C1=C/c1cccc(Br)c1. The molecule has 3 rings (SSSR count). The lowest BCUT2D eigenvalue weighted by Crippen LogP contribution is -2.05. The highest BCUT2D eigenvalue weighted by Crippen LogP contribution is 2.20. The van der Waals surface area contributed by atoms with Crippen molar-refractivity contribution in [3.63, 3.8) is 0 Å². The van der Waals surface area contributed by atoms with Gasteiger partial charge in [-0.25, -0.2) is 14.2 Å². The summed E-state index contributed by atoms with van der Waals surface area (Å²) < 4.78 is 19.2. The van der Waals surface area contributed by atoms with Gasteiger partial charge in [0.05, 0.1) is 0 Å². The molecular formula is C18H13BrFNO2. The molecule has 0 bridgehead atoms. The fourth-order valence-corrected chi connectivity index (χ4v) is 2.68. The largest absolute Gasteiger partial charge is 0.407 e. The highest BCUT2D eigenvalue weighted by atomic mass is 79.9. The lowest BCUT2D eigenvalue weighted by Gasteiger charge is -2.00. The molecule has 0 aliphatic carbocycles. The van der Waals surface area contributed by atoms with E-state index < -0.39 is 5.97 Å². The Morgan fingerprint density at radius 1 is 1.13 bits per heavy atom. The molecule has 0 spiro atoms. The Kier molecular flexibility index (Phi) is 4.67. The minimum absolute atomic E-state index is 0.275. The van der Waals surface area contributed by atoms with E-state index in [0.29, 0.717) is 18.7 Å². The number of aryl methyl sites for hydroxylation is 1. The van der Waals surface area contributed by atoms with Crippen molar-refractivity contribution < 1.29 is 13.9 Å². The molecule has 2 aromatic carbocycles. The fourth-order valence-electron chi connectivity index (χ4n) is 2.26. The maximum Gasteiger partial charge on any atom is 0.363 e. The molecule has 0 aromatic heterocycles. The third-order valence-electron chi connectivity index (χ3n) is 3.33. The van der Waals surface area contributed by atoms with Crippen LogP contribution >= 0.6 is 15.9 Å². The number of nitrogens with zero attached hydrogens (tertiary/aromatic N) is 1. The van der Waals surface area contributed by atoms with Crippen LogP contribution < -0.4 is 0 Å². The van der Waals surface area contributed by atoms with Crippen molar-refractivity contribution in [2.75, 3.05) is 0 Å². The molecule has 5 heteroatoms. The van der Waals surface area contributed by atoms with Crippen molar-refractivity contribution >= 4 is 33.9 Å². The summed E-state index contributed by atoms with van der Waals surface area (Å²) in [7, 11) is 0. The zero-order valence-corrected chi connectivity index (χ0v) is 13.7. The molecule has 2 aromatic rings. The molecule has 1 aliphatic rings. The molecule has 0 saturated heterocycles. The number of hydrogen-bond donors (Lipinski definition) is 0. The van der Waals surface area contributed by atoms with Gasteiger partial charge in [-0.2, -0.15) is 0 Å². The maximum atomic E-state index is 13.1. The predicted octanol–water partition coefficient (Wildman–Crippen LogP) is 4.52. The average molecular weight is 374 g/mol. The Hall–Kier alpha value is -2.27. The van der Waals surface area contributed by atoms with Crippen LogP contribution in [0.15, 0.2) is 63.7 Å². The minimum Gasteiger partial charge on any atom is -0.407 e. The molecule has 1 aliphatic heterocycles. The number of esters is 1. The second-order valence-corrected chi connectivity index (χ2v) is 6.03. The Bertz CT molecular complexity index is 814. The molecule has 0 amide bonds. The Labute approximate surface area is 141 Å². The van der Waals surface area contributed by atoms with Gasteiger partial charge in [-0.05, 0) is 47.9 Å². The number of ether oxygens (including phenoxy) is 1. The van der Waals surface area contributed by atoms with E-state index in [1.807, 2.05) is 30.3 Å². The first-order chi connectivity index (χ1) is 11.1. The number of cyclic esters (lactones) is 1. The summed E-state index contributed by atoms with van der Waals surface area (Å²) in [5.74, 6) is -0.372. The van der Waals surface area contributed by atoms with Gasteiger partial charge in [0.25, 0.3) is 0 Å². The number of halogens is 2. The second-order valence-electron chi connectivity index (χ2n) is 5.11. The zero-order chi connectivity index (χ0) is 16.2. The van der Waals surface area contributed by atoms with E-state index in [4.69, 9.17) is 4.74 Å². The van der Waals surface area contributed by atoms with Crippen molar-refractivity contribution in [1.29, 1.82) is 0 Å². The van der Waals surface area contributed by atoms with Gasteiger partial charge < -0.3 is 4.74 Å². The number of carbonyl (C=O) groups excluding carboxylic acids is 1. The zero-order valence-electron chi connectivity index (χ0n) is 12.1. The van der Waals surface area contributed by atoms with Crippen molar-refractivity contribution in [3.05, 3.63) is 75.6 Å². The van der Waals surface area contributed by atoms with Gasteiger partial charge in [-0.15, -0.1) is 0 Å². The lowest BCUT2D eigenvalue weighted by atomic mass is 10.1. The normalized spacial score (nSPS) is 15.7. The number of hydrogen-bond acceptors (Lipinski definition) is 3. The summed E-state index contributed by atoms with van der Waals surface area (Å²) in [4.78, 5) is 16.1. The minimum atomic E-state index is -0.459. The van der Waals surface area contributed by atoms with Crippen molar-refractivity contribution in [2.45, 2.75) is 12.8 Å². The molecular weight excluding hydrogens is 361 g/mol. The monoisotopic (exact) mass is 373 g/mol. The highest BCUT2D eigenvalue weighted by molar-refractivity contribution is 9.10. The quantitative estimate of drug-likeness (QED) is 0.583. The summed E-state index contributed by atoms with van der Waals surface area (Å²) in [5, 5.41) is 0. The van der Waals surface area contributed by atoms with E-state index in [0.717, 1.165) is 15.6 Å². The Balaban J connectivity index is 1.71. The molecule has 0 radical (unpaired) electrons. The molecule has 0 atom stereocenters. The topological polar surface area (TPSA) is 38.7 Å². The van der Waals surface area contributed by atoms with Crippen molar-refractivity contribution in [2.24, 2.45) is 4.99 Å². The lowest BCUT2D eigenvalue weighted by molar-refractivity contribution is -0.130. The van der Waals surface area contributed by atoms with Gasteiger partial charge in [0.2, 0.25) is 0 Å². The van der Waals surface area contributed by atoms with Crippen molar-refractivity contribution in [3.8, 4) is 0 Å². The molecule has 0 fully saturated rings. The van der Waals surface area contributed by atoms with Crippen LogP contribution in [0.3, 0.4) is 0 Å². The number of aliphatic imine (C=N–C) groups is 1. The number of rotatable bonds is 4. The number of benzene rings is 2. The predicted molar refractivity (Wildman–Crippen MR) is 90.4 cm³/mol. The second kappa shape index (κ2) is 6.87. The molecule has 116 valence electrons. The van der Waals surface area contributed by atoms with Crippen LogP contribution in [-0.2, 0) is 16.0 Å². The van der Waals surface area contributed by atoms with Crippen LogP contribution in [0.25, 0.3) is 6.08 Å². The van der Waals surface area contributed by atoms with Gasteiger partial charge in [-0.1, -0.05) is 40.2 Å². The van der Waals surface area contributed by atoms with Gasteiger partial charge in [0, 0.05) is 10.9 Å². The fraction of sp³-hybridized carbons (Fsp3) is 0.111. The van der Waals surface area contributed by atoms with Gasteiger partial charge in [0.1, 0.15) is 5.82 Å². The first-order valence-corrected chi connectivity index (χ1v) is 7.91. The molecule has 0 saturated carbocycles. The maximum absolute atomic E-state index is 13.1. The summed E-state index contributed by atoms with van der Waals surface area (Å²) in [6.07, 6.45) is 2.70. The van der Waals surface area contributed by atoms with E-state index in [9.17, 15) is 9.18 Å². The van der Waals surface area contributed by atoms with E-state index in [2.05, 4.69) is 20.9 Å². The van der Waals surface area contributed by atoms with Gasteiger partial charge >= 0.3 is 5.97 Å². The van der Waals surface area contributed by atoms with Gasteiger partial charge in [-0.3, -0.25) is 0 Å². The average Bonchev–Trinajstić information content (AvgIpc) is 2.86. The molecule has 3 nitrogen and oxygen atoms in total. The van der Waals surface area contributed by atoms with Crippen LogP contribution in [-0.4, -0.2) is 11.9 Å². The van der Waals surface area contributed by atoms with Crippen molar-refractivity contribution in [1.82, 2.24) is 0 Å². The summed E-state index contributed by atoms with van der Waals surface area (Å²) in [5.41, 5.74) is 1.98. The third-order valence-corrected chi connectivity index (χ3v) is 3.83. The number of carbonyl (C=O) groups is 1. The van der Waals surface area contributed by atoms with Crippen LogP contribution in [0, 0.1) is 5.82 Å². The molecule has 0 N–H and O–H groups in total. The smallest absolute Gasteiger partial charge is 0.363 e. The van der Waals surface area contributed by atoms with Crippen LogP contribution in [0.2, 0.25) is 0 Å². The first-order valence-electron chi connectivity index (χ1n) is 7.11. The van der Waals surface area contributed by atoms with E-state index in [1.165, 1.54) is 12.1 Å². The van der Waals surface area contributed by atoms with E-state index in [-0.39, 0.29) is 11.5 Å². The molecule has 1 heterocycles. The Morgan fingerprint density at radius 3 is 2.74 bits per heavy atom.